The predicted molar refractivity (Wildman–Crippen MR) is 53.7 cm³/mol. The summed E-state index contributed by atoms with van der Waals surface area (Å²) in [4.78, 5) is 0. The zero-order chi connectivity index (χ0) is 11.8. The highest BCUT2D eigenvalue weighted by Crippen LogP contribution is 2.30. The zero-order valence-electron chi connectivity index (χ0n) is 8.58. The largest absolute Gasteiger partial charge is 0.472 e. The van der Waals surface area contributed by atoms with Crippen molar-refractivity contribution in [1.82, 2.24) is 0 Å². The van der Waals surface area contributed by atoms with E-state index in [1.165, 1.54) is 19.5 Å². The second-order valence-electron chi connectivity index (χ2n) is 3.74. The lowest BCUT2D eigenvalue weighted by molar-refractivity contribution is 0.101. The highest BCUT2D eigenvalue weighted by molar-refractivity contribution is 5.33. The second kappa shape index (κ2) is 3.72. The molecule has 0 radical (unpaired) electrons. The summed E-state index contributed by atoms with van der Waals surface area (Å²) >= 11 is 0. The number of halogens is 2. The van der Waals surface area contributed by atoms with Gasteiger partial charge in [-0.05, 0) is 30.7 Å². The van der Waals surface area contributed by atoms with Crippen LogP contribution in [0.2, 0.25) is 0 Å². The Labute approximate surface area is 91.1 Å². The van der Waals surface area contributed by atoms with E-state index in [0.29, 0.717) is 5.56 Å². The minimum atomic E-state index is -1.48. The fourth-order valence-corrected chi connectivity index (χ4v) is 1.54. The molecule has 1 unspecified atom stereocenters. The van der Waals surface area contributed by atoms with Crippen LogP contribution in [-0.4, -0.2) is 5.11 Å². The van der Waals surface area contributed by atoms with Gasteiger partial charge in [-0.3, -0.25) is 0 Å². The highest BCUT2D eigenvalue weighted by atomic mass is 19.1. The Bertz CT molecular complexity index is 469. The molecule has 4 heteroatoms. The van der Waals surface area contributed by atoms with Gasteiger partial charge in [-0.2, -0.15) is 0 Å². The predicted octanol–water partition coefficient (Wildman–Crippen LogP) is 2.81. The van der Waals surface area contributed by atoms with Crippen molar-refractivity contribution in [3.63, 3.8) is 0 Å². The molecule has 2 nitrogen and oxygen atoms in total. The summed E-state index contributed by atoms with van der Waals surface area (Å²) in [7, 11) is 0. The van der Waals surface area contributed by atoms with Gasteiger partial charge in [0.05, 0.1) is 12.5 Å². The van der Waals surface area contributed by atoms with E-state index in [9.17, 15) is 13.9 Å². The van der Waals surface area contributed by atoms with Gasteiger partial charge in [0.2, 0.25) is 0 Å². The van der Waals surface area contributed by atoms with Gasteiger partial charge in [0, 0.05) is 11.6 Å². The van der Waals surface area contributed by atoms with Crippen molar-refractivity contribution in [2.45, 2.75) is 12.5 Å². The van der Waals surface area contributed by atoms with Crippen molar-refractivity contribution < 1.29 is 18.3 Å². The smallest absolute Gasteiger partial charge is 0.126 e. The summed E-state index contributed by atoms with van der Waals surface area (Å²) in [5, 5.41) is 10.2. The molecule has 1 aromatic carbocycles. The molecule has 0 aliphatic carbocycles. The van der Waals surface area contributed by atoms with E-state index < -0.39 is 17.2 Å². The third kappa shape index (κ3) is 1.84. The van der Waals surface area contributed by atoms with Crippen LogP contribution in [-0.2, 0) is 5.60 Å². The average Bonchev–Trinajstić information content (AvgIpc) is 2.69. The fourth-order valence-electron chi connectivity index (χ4n) is 1.54. The van der Waals surface area contributed by atoms with Crippen LogP contribution in [0, 0.1) is 11.6 Å². The van der Waals surface area contributed by atoms with Gasteiger partial charge in [0.1, 0.15) is 17.2 Å². The van der Waals surface area contributed by atoms with Gasteiger partial charge in [-0.1, -0.05) is 0 Å². The van der Waals surface area contributed by atoms with Crippen LogP contribution < -0.4 is 0 Å². The van der Waals surface area contributed by atoms with Crippen molar-refractivity contribution in [2.24, 2.45) is 0 Å². The minimum Gasteiger partial charge on any atom is -0.472 e. The van der Waals surface area contributed by atoms with E-state index in [1.54, 1.807) is 6.07 Å². The first-order valence-electron chi connectivity index (χ1n) is 4.72. The molecule has 16 heavy (non-hydrogen) atoms. The van der Waals surface area contributed by atoms with Gasteiger partial charge in [0.15, 0.2) is 0 Å². The molecular formula is C12H10F2O2. The van der Waals surface area contributed by atoms with Crippen molar-refractivity contribution in [1.29, 1.82) is 0 Å². The summed E-state index contributed by atoms with van der Waals surface area (Å²) in [6.07, 6.45) is 2.72. The summed E-state index contributed by atoms with van der Waals surface area (Å²) < 4.78 is 30.9. The first-order valence-corrected chi connectivity index (χ1v) is 4.72. The van der Waals surface area contributed by atoms with Crippen LogP contribution in [0.15, 0.2) is 41.2 Å². The first kappa shape index (κ1) is 10.8. The normalized spacial score (nSPS) is 14.8. The Balaban J connectivity index is 2.51. The number of hydrogen-bond donors (Lipinski definition) is 1. The summed E-state index contributed by atoms with van der Waals surface area (Å²) in [5.41, 5.74) is -0.889. The van der Waals surface area contributed by atoms with Crippen LogP contribution in [0.4, 0.5) is 8.78 Å². The average molecular weight is 224 g/mol. The Hall–Kier alpha value is -1.68. The second-order valence-corrected chi connectivity index (χ2v) is 3.74. The van der Waals surface area contributed by atoms with Crippen LogP contribution >= 0.6 is 0 Å². The van der Waals surface area contributed by atoms with Gasteiger partial charge < -0.3 is 9.52 Å². The van der Waals surface area contributed by atoms with Crippen LogP contribution in [0.1, 0.15) is 18.1 Å². The van der Waals surface area contributed by atoms with Gasteiger partial charge >= 0.3 is 0 Å². The molecular weight excluding hydrogens is 214 g/mol. The van der Waals surface area contributed by atoms with E-state index in [0.717, 1.165) is 18.2 Å². The number of aliphatic hydroxyl groups is 1. The molecule has 1 atom stereocenters. The molecule has 2 rings (SSSR count). The van der Waals surface area contributed by atoms with Crippen LogP contribution in [0.3, 0.4) is 0 Å². The molecule has 0 aliphatic rings. The quantitative estimate of drug-likeness (QED) is 0.850. The zero-order valence-corrected chi connectivity index (χ0v) is 8.58. The molecule has 0 aliphatic heterocycles. The molecule has 0 amide bonds. The lowest BCUT2D eigenvalue weighted by Crippen LogP contribution is -2.22. The molecule has 84 valence electrons. The topological polar surface area (TPSA) is 33.4 Å². The van der Waals surface area contributed by atoms with Crippen molar-refractivity contribution >= 4 is 0 Å². The monoisotopic (exact) mass is 224 g/mol. The maximum atomic E-state index is 13.0. The molecule has 0 fully saturated rings. The number of furan rings is 1. The van der Waals surface area contributed by atoms with E-state index >= 15 is 0 Å². The maximum Gasteiger partial charge on any atom is 0.126 e. The molecule has 1 heterocycles. The molecule has 0 bridgehead atoms. The number of rotatable bonds is 2. The van der Waals surface area contributed by atoms with Gasteiger partial charge in [-0.25, -0.2) is 8.78 Å². The third-order valence-corrected chi connectivity index (χ3v) is 2.51. The SMILES string of the molecule is CC(O)(c1ccoc1)c1cc(F)cc(F)c1. The molecule has 1 aromatic heterocycles. The molecule has 0 spiro atoms. The van der Waals surface area contributed by atoms with Gasteiger partial charge in [-0.15, -0.1) is 0 Å². The van der Waals surface area contributed by atoms with Crippen molar-refractivity contribution in [3.8, 4) is 0 Å². The standard InChI is InChI=1S/C12H10F2O2/c1-12(15,8-2-3-16-7-8)9-4-10(13)6-11(14)5-9/h2-7,15H,1H3. The Morgan fingerprint density at radius 1 is 1.12 bits per heavy atom. The summed E-state index contributed by atoms with van der Waals surface area (Å²) in [6, 6.07) is 4.49. The molecule has 0 saturated carbocycles. The highest BCUT2D eigenvalue weighted by Gasteiger charge is 2.27. The van der Waals surface area contributed by atoms with Crippen molar-refractivity contribution in [2.75, 3.05) is 0 Å². The Morgan fingerprint density at radius 2 is 1.75 bits per heavy atom. The molecule has 2 aromatic rings. The first-order chi connectivity index (χ1) is 7.50. The number of hydrogen-bond acceptors (Lipinski definition) is 2. The molecule has 1 N–H and O–H groups in total. The van der Waals surface area contributed by atoms with E-state index in [-0.39, 0.29) is 5.56 Å². The van der Waals surface area contributed by atoms with Crippen LogP contribution in [0.25, 0.3) is 0 Å². The van der Waals surface area contributed by atoms with Crippen LogP contribution in [0.5, 0.6) is 0 Å². The van der Waals surface area contributed by atoms with Gasteiger partial charge in [0.25, 0.3) is 0 Å². The maximum absolute atomic E-state index is 13.0. The Kier molecular flexibility index (Phi) is 2.52. The number of benzene rings is 1. The fraction of sp³-hybridized carbons (Fsp3) is 0.167. The molecule has 0 saturated heterocycles. The lowest BCUT2D eigenvalue weighted by Gasteiger charge is -2.22. The lowest BCUT2D eigenvalue weighted by atomic mass is 9.90. The Morgan fingerprint density at radius 3 is 2.25 bits per heavy atom. The van der Waals surface area contributed by atoms with Crippen molar-refractivity contribution in [3.05, 3.63) is 59.6 Å². The summed E-state index contributed by atoms with van der Waals surface area (Å²) in [6.45, 7) is 1.45. The van der Waals surface area contributed by atoms with E-state index in [2.05, 4.69) is 0 Å². The third-order valence-electron chi connectivity index (χ3n) is 2.51. The van der Waals surface area contributed by atoms with E-state index in [1.807, 2.05) is 0 Å². The summed E-state index contributed by atoms with van der Waals surface area (Å²) in [5.74, 6) is -1.45. The minimum absolute atomic E-state index is 0.145. The van der Waals surface area contributed by atoms with E-state index in [4.69, 9.17) is 4.42 Å².